The SMILES string of the molecule is CC(NC(=O)NNC(=O)Cc1ccc(F)cc1)c1ccccc1Br. The van der Waals surface area contributed by atoms with Crippen LogP contribution in [0.15, 0.2) is 53.0 Å². The number of hydrogen-bond donors (Lipinski definition) is 3. The van der Waals surface area contributed by atoms with Crippen LogP contribution in [0.1, 0.15) is 24.1 Å². The Hall–Kier alpha value is -2.41. The molecule has 0 saturated carbocycles. The number of rotatable bonds is 4. The molecule has 2 aromatic carbocycles. The van der Waals surface area contributed by atoms with E-state index in [2.05, 4.69) is 32.1 Å². The lowest BCUT2D eigenvalue weighted by atomic mass is 10.1. The minimum Gasteiger partial charge on any atom is -0.330 e. The minimum atomic E-state index is -0.522. The van der Waals surface area contributed by atoms with Crippen LogP contribution in [0.3, 0.4) is 0 Å². The Morgan fingerprint density at radius 1 is 1.08 bits per heavy atom. The van der Waals surface area contributed by atoms with Crippen LogP contribution >= 0.6 is 15.9 Å². The molecular formula is C17H17BrFN3O2. The van der Waals surface area contributed by atoms with Crippen LogP contribution in [-0.2, 0) is 11.2 Å². The van der Waals surface area contributed by atoms with E-state index in [1.165, 1.54) is 24.3 Å². The minimum absolute atomic E-state index is 0.0420. The molecule has 0 saturated heterocycles. The monoisotopic (exact) mass is 393 g/mol. The predicted molar refractivity (Wildman–Crippen MR) is 92.5 cm³/mol. The lowest BCUT2D eigenvalue weighted by Gasteiger charge is -2.16. The summed E-state index contributed by atoms with van der Waals surface area (Å²) in [5.74, 6) is -0.761. The van der Waals surface area contributed by atoms with Crippen molar-refractivity contribution >= 4 is 27.9 Å². The quantitative estimate of drug-likeness (QED) is 0.697. The smallest absolute Gasteiger partial charge is 0.330 e. The molecule has 0 fully saturated rings. The number of amides is 3. The van der Waals surface area contributed by atoms with Crippen molar-refractivity contribution in [2.24, 2.45) is 0 Å². The highest BCUT2D eigenvalue weighted by atomic mass is 79.9. The van der Waals surface area contributed by atoms with Crippen molar-refractivity contribution in [2.45, 2.75) is 19.4 Å². The van der Waals surface area contributed by atoms with Gasteiger partial charge in [-0.2, -0.15) is 0 Å². The van der Waals surface area contributed by atoms with Gasteiger partial charge in [0.05, 0.1) is 12.5 Å². The van der Waals surface area contributed by atoms with E-state index in [0.717, 1.165) is 10.0 Å². The Balaban J connectivity index is 1.79. The van der Waals surface area contributed by atoms with E-state index < -0.39 is 11.9 Å². The molecular weight excluding hydrogens is 377 g/mol. The predicted octanol–water partition coefficient (Wildman–Crippen LogP) is 3.22. The molecule has 0 aromatic heterocycles. The van der Waals surface area contributed by atoms with Crippen molar-refractivity contribution in [1.82, 2.24) is 16.2 Å². The van der Waals surface area contributed by atoms with Gasteiger partial charge in [0.2, 0.25) is 5.91 Å². The second kappa shape index (κ2) is 8.44. The highest BCUT2D eigenvalue weighted by molar-refractivity contribution is 9.10. The van der Waals surface area contributed by atoms with Gasteiger partial charge < -0.3 is 5.32 Å². The van der Waals surface area contributed by atoms with Crippen molar-refractivity contribution < 1.29 is 14.0 Å². The van der Waals surface area contributed by atoms with Crippen LogP contribution in [-0.4, -0.2) is 11.9 Å². The lowest BCUT2D eigenvalue weighted by molar-refractivity contribution is -0.121. The van der Waals surface area contributed by atoms with Crippen LogP contribution < -0.4 is 16.2 Å². The van der Waals surface area contributed by atoms with Crippen LogP contribution in [0.5, 0.6) is 0 Å². The summed E-state index contributed by atoms with van der Waals surface area (Å²) in [7, 11) is 0. The van der Waals surface area contributed by atoms with E-state index >= 15 is 0 Å². The maximum atomic E-state index is 12.8. The lowest BCUT2D eigenvalue weighted by Crippen LogP contribution is -2.48. The first-order valence-electron chi connectivity index (χ1n) is 7.30. The molecule has 24 heavy (non-hydrogen) atoms. The van der Waals surface area contributed by atoms with Gasteiger partial charge in [0.15, 0.2) is 0 Å². The molecule has 2 rings (SSSR count). The van der Waals surface area contributed by atoms with Crippen molar-refractivity contribution in [3.63, 3.8) is 0 Å². The molecule has 3 N–H and O–H groups in total. The molecule has 126 valence electrons. The topological polar surface area (TPSA) is 70.2 Å². The number of urea groups is 1. The average molecular weight is 394 g/mol. The van der Waals surface area contributed by atoms with Gasteiger partial charge in [-0.15, -0.1) is 0 Å². The summed E-state index contributed by atoms with van der Waals surface area (Å²) in [6.45, 7) is 1.83. The van der Waals surface area contributed by atoms with Crippen LogP contribution in [0.4, 0.5) is 9.18 Å². The number of nitrogens with one attached hydrogen (secondary N) is 3. The summed E-state index contributed by atoms with van der Waals surface area (Å²) in [6.07, 6.45) is 0.0420. The van der Waals surface area contributed by atoms with Gasteiger partial charge in [0.1, 0.15) is 5.82 Å². The third-order valence-corrected chi connectivity index (χ3v) is 4.03. The zero-order valence-corrected chi connectivity index (χ0v) is 14.6. The molecule has 2 aromatic rings. The van der Waals surface area contributed by atoms with E-state index in [0.29, 0.717) is 5.56 Å². The first kappa shape index (κ1) is 17.9. The molecule has 5 nitrogen and oxygen atoms in total. The van der Waals surface area contributed by atoms with Crippen LogP contribution in [0.2, 0.25) is 0 Å². The highest BCUT2D eigenvalue weighted by Gasteiger charge is 2.12. The first-order valence-corrected chi connectivity index (χ1v) is 8.09. The van der Waals surface area contributed by atoms with Crippen molar-refractivity contribution in [2.75, 3.05) is 0 Å². The molecule has 3 amide bonds. The molecule has 0 heterocycles. The fraction of sp³-hybridized carbons (Fsp3) is 0.176. The van der Waals surface area contributed by atoms with E-state index in [9.17, 15) is 14.0 Å². The normalized spacial score (nSPS) is 11.5. The van der Waals surface area contributed by atoms with Crippen molar-refractivity contribution in [3.05, 3.63) is 69.9 Å². The van der Waals surface area contributed by atoms with Gasteiger partial charge in [-0.3, -0.25) is 10.2 Å². The van der Waals surface area contributed by atoms with Gasteiger partial charge in [-0.25, -0.2) is 14.6 Å². The Morgan fingerprint density at radius 3 is 2.42 bits per heavy atom. The maximum Gasteiger partial charge on any atom is 0.333 e. The first-order chi connectivity index (χ1) is 11.5. The fourth-order valence-corrected chi connectivity index (χ4v) is 2.72. The van der Waals surface area contributed by atoms with E-state index in [-0.39, 0.29) is 18.3 Å². The van der Waals surface area contributed by atoms with Gasteiger partial charge >= 0.3 is 6.03 Å². The Bertz CT molecular complexity index is 722. The summed E-state index contributed by atoms with van der Waals surface area (Å²) in [4.78, 5) is 23.6. The number of hydrazine groups is 1. The molecule has 1 atom stereocenters. The summed E-state index contributed by atoms with van der Waals surface area (Å²) in [5, 5.41) is 2.72. The molecule has 0 bridgehead atoms. The van der Waals surface area contributed by atoms with Crippen LogP contribution in [0.25, 0.3) is 0 Å². The Labute approximate surface area is 147 Å². The van der Waals surface area contributed by atoms with E-state index in [4.69, 9.17) is 0 Å². The number of hydrogen-bond acceptors (Lipinski definition) is 2. The van der Waals surface area contributed by atoms with Crippen LogP contribution in [0, 0.1) is 5.82 Å². The molecule has 0 aliphatic heterocycles. The summed E-state index contributed by atoms with van der Waals surface area (Å²) >= 11 is 3.42. The van der Waals surface area contributed by atoms with Crippen molar-refractivity contribution in [1.29, 1.82) is 0 Å². The Kier molecular flexibility index (Phi) is 6.31. The number of halogens is 2. The highest BCUT2D eigenvalue weighted by Crippen LogP contribution is 2.22. The average Bonchev–Trinajstić information content (AvgIpc) is 2.55. The molecule has 0 radical (unpaired) electrons. The van der Waals surface area contributed by atoms with E-state index in [1.807, 2.05) is 31.2 Å². The van der Waals surface area contributed by atoms with Gasteiger partial charge in [-0.1, -0.05) is 46.3 Å². The standard InChI is InChI=1S/C17H17BrFN3O2/c1-11(14-4-2-3-5-15(14)18)20-17(24)22-21-16(23)10-12-6-8-13(19)9-7-12/h2-9,11H,10H2,1H3,(H,21,23)(H2,20,22,24). The van der Waals surface area contributed by atoms with Crippen molar-refractivity contribution in [3.8, 4) is 0 Å². The molecule has 0 spiro atoms. The number of benzene rings is 2. The number of carbonyl (C=O) groups excluding carboxylic acids is 2. The molecule has 7 heteroatoms. The second-order valence-electron chi connectivity index (χ2n) is 5.19. The molecule has 0 aliphatic rings. The molecule has 0 aliphatic carbocycles. The second-order valence-corrected chi connectivity index (χ2v) is 6.05. The third-order valence-electron chi connectivity index (χ3n) is 3.31. The summed E-state index contributed by atoms with van der Waals surface area (Å²) in [6, 6.07) is 12.4. The molecule has 1 unspecified atom stereocenters. The number of carbonyl (C=O) groups is 2. The maximum absolute atomic E-state index is 12.8. The zero-order valence-electron chi connectivity index (χ0n) is 13.0. The Morgan fingerprint density at radius 2 is 1.75 bits per heavy atom. The van der Waals surface area contributed by atoms with Gasteiger partial charge in [-0.05, 0) is 36.2 Å². The summed E-state index contributed by atoms with van der Waals surface area (Å²) < 4.78 is 13.7. The van der Waals surface area contributed by atoms with Gasteiger partial charge in [0, 0.05) is 4.47 Å². The largest absolute Gasteiger partial charge is 0.333 e. The van der Waals surface area contributed by atoms with E-state index in [1.54, 1.807) is 0 Å². The van der Waals surface area contributed by atoms with Gasteiger partial charge in [0.25, 0.3) is 0 Å². The zero-order chi connectivity index (χ0) is 17.5. The fourth-order valence-electron chi connectivity index (χ4n) is 2.10. The summed E-state index contributed by atoms with van der Waals surface area (Å²) in [5.41, 5.74) is 6.18. The third kappa shape index (κ3) is 5.34.